The summed E-state index contributed by atoms with van der Waals surface area (Å²) in [5.74, 6) is 0.287. The maximum Gasteiger partial charge on any atom is 0.238 e. The van der Waals surface area contributed by atoms with Crippen molar-refractivity contribution in [1.82, 2.24) is 10.0 Å². The quantitative estimate of drug-likeness (QED) is 0.583. The summed E-state index contributed by atoms with van der Waals surface area (Å²) in [7, 11) is -3.46. The Balaban J connectivity index is 2.82. The highest BCUT2D eigenvalue weighted by molar-refractivity contribution is 7.98. The number of hydrogen-bond acceptors (Lipinski definition) is 4. The molecule has 0 heterocycles. The fourth-order valence-corrected chi connectivity index (χ4v) is 3.82. The SMILES string of the molecule is CCS(=O)(=O)NC(CCSC)C(=O)NCC(C)(C)c1ccc(Cl)c(Cl)c1. The first-order chi connectivity index (χ1) is 12.0. The van der Waals surface area contributed by atoms with Gasteiger partial charge in [-0.2, -0.15) is 11.8 Å². The molecular weight excluding hydrogens is 415 g/mol. The molecule has 5 nitrogen and oxygen atoms in total. The lowest BCUT2D eigenvalue weighted by Crippen LogP contribution is -2.49. The molecule has 0 spiro atoms. The number of carbonyl (C=O) groups excluding carboxylic acids is 1. The number of thioether (sulfide) groups is 1. The van der Waals surface area contributed by atoms with Crippen molar-refractivity contribution in [1.29, 1.82) is 0 Å². The van der Waals surface area contributed by atoms with E-state index in [1.807, 2.05) is 26.2 Å². The van der Waals surface area contributed by atoms with Gasteiger partial charge in [0.05, 0.1) is 15.8 Å². The fraction of sp³-hybridized carbons (Fsp3) is 0.588. The molecule has 1 aromatic rings. The van der Waals surface area contributed by atoms with E-state index < -0.39 is 21.5 Å². The molecule has 0 fully saturated rings. The van der Waals surface area contributed by atoms with Crippen LogP contribution in [0.2, 0.25) is 10.0 Å². The molecule has 148 valence electrons. The van der Waals surface area contributed by atoms with Crippen LogP contribution >= 0.6 is 35.0 Å². The first-order valence-electron chi connectivity index (χ1n) is 8.24. The number of amides is 1. The van der Waals surface area contributed by atoms with Crippen LogP contribution in [0, 0.1) is 0 Å². The van der Waals surface area contributed by atoms with Gasteiger partial charge >= 0.3 is 0 Å². The van der Waals surface area contributed by atoms with E-state index in [-0.39, 0.29) is 11.7 Å². The Morgan fingerprint density at radius 2 is 1.92 bits per heavy atom. The Bertz CT molecular complexity index is 725. The highest BCUT2D eigenvalue weighted by Crippen LogP contribution is 2.29. The zero-order chi connectivity index (χ0) is 20.0. The van der Waals surface area contributed by atoms with Gasteiger partial charge in [-0.3, -0.25) is 4.79 Å². The van der Waals surface area contributed by atoms with Crippen LogP contribution in [0.5, 0.6) is 0 Å². The number of rotatable bonds is 10. The lowest BCUT2D eigenvalue weighted by molar-refractivity contribution is -0.123. The minimum absolute atomic E-state index is 0.0647. The van der Waals surface area contributed by atoms with Crippen LogP contribution in [0.25, 0.3) is 0 Å². The summed E-state index contributed by atoms with van der Waals surface area (Å²) >= 11 is 13.6. The zero-order valence-corrected chi connectivity index (χ0v) is 18.6. The Morgan fingerprint density at radius 3 is 2.46 bits per heavy atom. The second-order valence-electron chi connectivity index (χ2n) is 6.59. The standard InChI is InChI=1S/C17H26Cl2N2O3S2/c1-5-26(23,24)21-15(8-9-25-4)16(22)20-11-17(2,3)12-6-7-13(18)14(19)10-12/h6-7,10,15,21H,5,8-9,11H2,1-4H3,(H,20,22). The summed E-state index contributed by atoms with van der Waals surface area (Å²) < 4.78 is 26.2. The van der Waals surface area contributed by atoms with Crippen LogP contribution in [0.1, 0.15) is 32.8 Å². The van der Waals surface area contributed by atoms with Crippen molar-refractivity contribution in [2.24, 2.45) is 0 Å². The largest absolute Gasteiger partial charge is 0.354 e. The van der Waals surface area contributed by atoms with Gasteiger partial charge in [0.15, 0.2) is 0 Å². The monoisotopic (exact) mass is 440 g/mol. The van der Waals surface area contributed by atoms with Gasteiger partial charge in [-0.1, -0.05) is 43.1 Å². The topological polar surface area (TPSA) is 75.3 Å². The Morgan fingerprint density at radius 1 is 1.27 bits per heavy atom. The van der Waals surface area contributed by atoms with Crippen LogP contribution in [0.3, 0.4) is 0 Å². The molecule has 0 aromatic heterocycles. The van der Waals surface area contributed by atoms with Crippen molar-refractivity contribution in [3.8, 4) is 0 Å². The maximum atomic E-state index is 12.5. The number of sulfonamides is 1. The molecule has 0 aliphatic carbocycles. The summed E-state index contributed by atoms with van der Waals surface area (Å²) in [5.41, 5.74) is 0.541. The predicted octanol–water partition coefficient (Wildman–Crippen LogP) is 3.45. The first-order valence-corrected chi connectivity index (χ1v) is 12.0. The molecule has 1 aromatic carbocycles. The average Bonchev–Trinajstić information content (AvgIpc) is 2.58. The van der Waals surface area contributed by atoms with Gasteiger partial charge in [0.1, 0.15) is 6.04 Å². The van der Waals surface area contributed by atoms with E-state index in [0.717, 1.165) is 5.56 Å². The van der Waals surface area contributed by atoms with Crippen LogP contribution in [0.4, 0.5) is 0 Å². The van der Waals surface area contributed by atoms with Crippen LogP contribution in [-0.4, -0.2) is 44.7 Å². The van der Waals surface area contributed by atoms with E-state index in [1.54, 1.807) is 30.8 Å². The third-order valence-corrected chi connectivity index (χ3v) is 6.82. The lowest BCUT2D eigenvalue weighted by Gasteiger charge is -2.27. The Labute approximate surface area is 170 Å². The van der Waals surface area contributed by atoms with Gasteiger partial charge in [0.2, 0.25) is 15.9 Å². The molecule has 0 radical (unpaired) electrons. The smallest absolute Gasteiger partial charge is 0.238 e. The van der Waals surface area contributed by atoms with E-state index in [1.165, 1.54) is 0 Å². The molecule has 0 aliphatic heterocycles. The van der Waals surface area contributed by atoms with Gasteiger partial charge < -0.3 is 5.32 Å². The zero-order valence-electron chi connectivity index (χ0n) is 15.4. The van der Waals surface area contributed by atoms with Crippen molar-refractivity contribution >= 4 is 50.9 Å². The fourth-order valence-electron chi connectivity index (χ4n) is 2.23. The van der Waals surface area contributed by atoms with Gasteiger partial charge in [0.25, 0.3) is 0 Å². The molecular formula is C17H26Cl2N2O3S2. The lowest BCUT2D eigenvalue weighted by atomic mass is 9.84. The summed E-state index contributed by atoms with van der Waals surface area (Å²) in [6.07, 6.45) is 2.34. The van der Waals surface area contributed by atoms with Crippen LogP contribution in [-0.2, 0) is 20.2 Å². The second-order valence-corrected chi connectivity index (χ2v) is 10.4. The number of benzene rings is 1. The molecule has 0 aliphatic rings. The molecule has 2 N–H and O–H groups in total. The molecule has 0 bridgehead atoms. The minimum Gasteiger partial charge on any atom is -0.354 e. The second kappa shape index (κ2) is 10.2. The van der Waals surface area contributed by atoms with Crippen molar-refractivity contribution < 1.29 is 13.2 Å². The van der Waals surface area contributed by atoms with E-state index in [4.69, 9.17) is 23.2 Å². The van der Waals surface area contributed by atoms with E-state index in [2.05, 4.69) is 10.0 Å². The first kappa shape index (κ1) is 23.6. The van der Waals surface area contributed by atoms with Crippen molar-refractivity contribution in [3.05, 3.63) is 33.8 Å². The molecule has 1 amide bonds. The summed E-state index contributed by atoms with van der Waals surface area (Å²) in [6.45, 7) is 5.83. The summed E-state index contributed by atoms with van der Waals surface area (Å²) in [5, 5.41) is 3.79. The van der Waals surface area contributed by atoms with Crippen molar-refractivity contribution in [3.63, 3.8) is 0 Å². The Kier molecular flexibility index (Phi) is 9.23. The van der Waals surface area contributed by atoms with Crippen LogP contribution < -0.4 is 10.0 Å². The van der Waals surface area contributed by atoms with Gasteiger partial charge in [-0.05, 0) is 43.0 Å². The van der Waals surface area contributed by atoms with Crippen LogP contribution in [0.15, 0.2) is 18.2 Å². The Hall–Kier alpha value is -0.470. The van der Waals surface area contributed by atoms with E-state index >= 15 is 0 Å². The normalized spacial score (nSPS) is 13.5. The van der Waals surface area contributed by atoms with Crippen molar-refractivity contribution in [2.45, 2.75) is 38.6 Å². The minimum atomic E-state index is -3.46. The maximum absolute atomic E-state index is 12.5. The highest BCUT2D eigenvalue weighted by Gasteiger charge is 2.27. The van der Waals surface area contributed by atoms with E-state index in [0.29, 0.717) is 28.8 Å². The number of halogens is 2. The number of nitrogens with one attached hydrogen (secondary N) is 2. The molecule has 26 heavy (non-hydrogen) atoms. The number of hydrogen-bond donors (Lipinski definition) is 2. The van der Waals surface area contributed by atoms with Gasteiger partial charge in [-0.25, -0.2) is 13.1 Å². The van der Waals surface area contributed by atoms with E-state index in [9.17, 15) is 13.2 Å². The molecule has 9 heteroatoms. The van der Waals surface area contributed by atoms with Gasteiger partial charge in [-0.15, -0.1) is 0 Å². The third kappa shape index (κ3) is 7.27. The average molecular weight is 441 g/mol. The third-order valence-electron chi connectivity index (χ3n) is 4.03. The summed E-state index contributed by atoms with van der Waals surface area (Å²) in [4.78, 5) is 12.5. The van der Waals surface area contributed by atoms with Gasteiger partial charge in [0, 0.05) is 12.0 Å². The predicted molar refractivity (Wildman–Crippen MR) is 112 cm³/mol. The number of carbonyl (C=O) groups is 1. The molecule has 0 saturated carbocycles. The summed E-state index contributed by atoms with van der Waals surface area (Å²) in [6, 6.07) is 4.59. The molecule has 1 atom stereocenters. The molecule has 1 rings (SSSR count). The molecule has 0 saturated heterocycles. The highest BCUT2D eigenvalue weighted by atomic mass is 35.5. The van der Waals surface area contributed by atoms with Crippen molar-refractivity contribution in [2.75, 3.05) is 24.3 Å². The molecule has 1 unspecified atom stereocenters.